The number of benzene rings is 1. The van der Waals surface area contributed by atoms with Crippen molar-refractivity contribution >= 4 is 20.2 Å². The van der Waals surface area contributed by atoms with Gasteiger partial charge in [-0.3, -0.25) is 0 Å². The van der Waals surface area contributed by atoms with E-state index < -0.39 is 8.80 Å². The van der Waals surface area contributed by atoms with Gasteiger partial charge in [0, 0.05) is 19.8 Å². The fraction of sp³-hybridized carbons (Fsp3) is 0.600. The van der Waals surface area contributed by atoms with Gasteiger partial charge in [-0.1, -0.05) is 6.07 Å². The number of hydrogen-bond acceptors (Lipinski definition) is 5. The Balaban J connectivity index is 2.18. The Bertz CT molecular complexity index is 453. The second-order valence-corrected chi connectivity index (χ2v) is 7.58. The Labute approximate surface area is 128 Å². The van der Waals surface area contributed by atoms with Crippen LogP contribution in [0.2, 0.25) is 0 Å². The van der Waals surface area contributed by atoms with Crippen LogP contribution in [0.5, 0.6) is 0 Å². The Morgan fingerprint density at radius 2 is 1.71 bits per heavy atom. The molecule has 0 unspecified atom stereocenters. The molecule has 0 saturated heterocycles. The maximum Gasteiger partial charge on any atom is 0.521 e. The van der Waals surface area contributed by atoms with Crippen molar-refractivity contribution < 1.29 is 13.3 Å². The SMILES string of the molecule is CCO[Si](CN1CNc2cc(C)ccc21)(OCC)OCC. The molecule has 1 aromatic rings. The summed E-state index contributed by atoms with van der Waals surface area (Å²) in [5.41, 5.74) is 3.62. The standard InChI is InChI=1S/C15H26N2O3Si/c1-5-18-21(19-6-2,20-7-3)12-17-11-16-14-10-13(4)8-9-15(14)17/h8-10,16H,5-7,11-12H2,1-4H3. The average molecular weight is 310 g/mol. The van der Waals surface area contributed by atoms with Crippen LogP contribution in [0.25, 0.3) is 0 Å². The summed E-state index contributed by atoms with van der Waals surface area (Å²) in [5, 5.41) is 3.42. The zero-order valence-corrected chi connectivity index (χ0v) is 14.4. The Hall–Kier alpha value is -1.08. The largest absolute Gasteiger partial charge is 0.521 e. The second-order valence-electron chi connectivity index (χ2n) is 5.04. The van der Waals surface area contributed by atoms with Crippen LogP contribution < -0.4 is 10.2 Å². The van der Waals surface area contributed by atoms with E-state index in [0.717, 1.165) is 6.67 Å². The van der Waals surface area contributed by atoms with Gasteiger partial charge in [-0.25, -0.2) is 0 Å². The first kappa shape index (κ1) is 16.3. The van der Waals surface area contributed by atoms with Gasteiger partial charge in [0.05, 0.1) is 24.2 Å². The molecule has 1 heterocycles. The minimum Gasteiger partial charge on any atom is -0.373 e. The van der Waals surface area contributed by atoms with Crippen molar-refractivity contribution in [3.05, 3.63) is 23.8 Å². The minimum atomic E-state index is -2.66. The molecule has 0 spiro atoms. The Morgan fingerprint density at radius 3 is 2.29 bits per heavy atom. The molecule has 0 aliphatic carbocycles. The van der Waals surface area contributed by atoms with Crippen molar-refractivity contribution in [2.24, 2.45) is 0 Å². The summed E-state index contributed by atoms with van der Waals surface area (Å²) in [6, 6.07) is 6.44. The highest BCUT2D eigenvalue weighted by molar-refractivity contribution is 6.61. The molecule has 2 rings (SSSR count). The summed E-state index contributed by atoms with van der Waals surface area (Å²) in [5.74, 6) is 0. The molecule has 0 amide bonds. The van der Waals surface area contributed by atoms with Crippen LogP contribution in [0.1, 0.15) is 26.3 Å². The molecule has 0 fully saturated rings. The number of anilines is 2. The summed E-state index contributed by atoms with van der Waals surface area (Å²) in [7, 11) is -2.66. The van der Waals surface area contributed by atoms with E-state index in [9.17, 15) is 0 Å². The third kappa shape index (κ3) is 3.77. The van der Waals surface area contributed by atoms with Gasteiger partial charge in [0.1, 0.15) is 0 Å². The second kappa shape index (κ2) is 7.26. The van der Waals surface area contributed by atoms with E-state index in [-0.39, 0.29) is 0 Å². The molecule has 6 heteroatoms. The van der Waals surface area contributed by atoms with Gasteiger partial charge in [0.15, 0.2) is 0 Å². The van der Waals surface area contributed by atoms with E-state index in [2.05, 4.69) is 35.3 Å². The van der Waals surface area contributed by atoms with Crippen LogP contribution in [0.15, 0.2) is 18.2 Å². The van der Waals surface area contributed by atoms with Crippen molar-refractivity contribution in [1.29, 1.82) is 0 Å². The smallest absolute Gasteiger partial charge is 0.373 e. The van der Waals surface area contributed by atoms with Crippen molar-refractivity contribution in [2.45, 2.75) is 27.7 Å². The van der Waals surface area contributed by atoms with Gasteiger partial charge < -0.3 is 23.5 Å². The van der Waals surface area contributed by atoms with Crippen molar-refractivity contribution in [3.8, 4) is 0 Å². The monoisotopic (exact) mass is 310 g/mol. The van der Waals surface area contributed by atoms with E-state index in [1.54, 1.807) is 0 Å². The predicted octanol–water partition coefficient (Wildman–Crippen LogP) is 2.77. The molecular weight excluding hydrogens is 284 g/mol. The topological polar surface area (TPSA) is 43.0 Å². The molecule has 1 aliphatic heterocycles. The molecule has 0 saturated carbocycles. The van der Waals surface area contributed by atoms with E-state index in [0.29, 0.717) is 26.0 Å². The minimum absolute atomic E-state index is 0.605. The highest BCUT2D eigenvalue weighted by atomic mass is 28.4. The molecule has 0 aromatic heterocycles. The lowest BCUT2D eigenvalue weighted by molar-refractivity contribution is 0.0723. The van der Waals surface area contributed by atoms with Crippen LogP contribution in [0.4, 0.5) is 11.4 Å². The average Bonchev–Trinajstić information content (AvgIpc) is 2.82. The zero-order chi connectivity index (χ0) is 15.3. The summed E-state index contributed by atoms with van der Waals surface area (Å²) >= 11 is 0. The third-order valence-corrected chi connectivity index (χ3v) is 6.38. The summed E-state index contributed by atoms with van der Waals surface area (Å²) in [4.78, 5) is 2.25. The number of nitrogens with one attached hydrogen (secondary N) is 1. The summed E-state index contributed by atoms with van der Waals surface area (Å²) in [6.07, 6.45) is 0.672. The molecule has 0 bridgehead atoms. The maximum atomic E-state index is 5.94. The Morgan fingerprint density at radius 1 is 1.10 bits per heavy atom. The number of hydrogen-bond donors (Lipinski definition) is 1. The molecular formula is C15H26N2O3Si. The van der Waals surface area contributed by atoms with E-state index in [1.807, 2.05) is 20.8 Å². The third-order valence-electron chi connectivity index (χ3n) is 3.43. The van der Waals surface area contributed by atoms with Crippen molar-refractivity contribution in [3.63, 3.8) is 0 Å². The van der Waals surface area contributed by atoms with Crippen molar-refractivity contribution in [1.82, 2.24) is 0 Å². The number of nitrogens with zero attached hydrogens (tertiary/aromatic N) is 1. The van der Waals surface area contributed by atoms with Gasteiger partial charge in [-0.2, -0.15) is 0 Å². The molecule has 1 aliphatic rings. The lowest BCUT2D eigenvalue weighted by atomic mass is 10.2. The van der Waals surface area contributed by atoms with Crippen LogP contribution in [-0.4, -0.2) is 41.5 Å². The van der Waals surface area contributed by atoms with Gasteiger partial charge in [-0.05, 0) is 45.4 Å². The molecule has 5 nitrogen and oxygen atoms in total. The van der Waals surface area contributed by atoms with Crippen LogP contribution >= 0.6 is 0 Å². The van der Waals surface area contributed by atoms with E-state index in [1.165, 1.54) is 16.9 Å². The van der Waals surface area contributed by atoms with Crippen LogP contribution in [-0.2, 0) is 13.3 Å². The van der Waals surface area contributed by atoms with Gasteiger partial charge in [-0.15, -0.1) is 0 Å². The zero-order valence-electron chi connectivity index (χ0n) is 13.4. The van der Waals surface area contributed by atoms with Gasteiger partial charge >= 0.3 is 8.80 Å². The fourth-order valence-corrected chi connectivity index (χ4v) is 5.22. The van der Waals surface area contributed by atoms with E-state index >= 15 is 0 Å². The fourth-order valence-electron chi connectivity index (χ4n) is 2.63. The van der Waals surface area contributed by atoms with Crippen LogP contribution in [0, 0.1) is 6.92 Å². The molecule has 21 heavy (non-hydrogen) atoms. The molecule has 0 radical (unpaired) electrons. The van der Waals surface area contributed by atoms with E-state index in [4.69, 9.17) is 13.3 Å². The first-order chi connectivity index (χ1) is 10.1. The number of fused-ring (bicyclic) bond motifs is 1. The normalized spacial score (nSPS) is 14.2. The number of aryl methyl sites for hydroxylation is 1. The number of rotatable bonds is 8. The molecule has 1 N–H and O–H groups in total. The maximum absolute atomic E-state index is 5.94. The van der Waals surface area contributed by atoms with Gasteiger partial charge in [0.25, 0.3) is 0 Å². The summed E-state index contributed by atoms with van der Waals surface area (Å²) in [6.45, 7) is 10.6. The quantitative estimate of drug-likeness (QED) is 0.748. The highest BCUT2D eigenvalue weighted by Crippen LogP contribution is 2.33. The first-order valence-electron chi connectivity index (χ1n) is 7.65. The predicted molar refractivity (Wildman–Crippen MR) is 87.6 cm³/mol. The summed E-state index contributed by atoms with van der Waals surface area (Å²) < 4.78 is 17.8. The van der Waals surface area contributed by atoms with Crippen molar-refractivity contribution in [2.75, 3.05) is 42.9 Å². The lowest BCUT2D eigenvalue weighted by Crippen LogP contribution is -2.55. The highest BCUT2D eigenvalue weighted by Gasteiger charge is 2.43. The molecule has 118 valence electrons. The van der Waals surface area contributed by atoms with Gasteiger partial charge in [0.2, 0.25) is 0 Å². The Kier molecular flexibility index (Phi) is 5.63. The molecule has 1 aromatic carbocycles. The lowest BCUT2D eigenvalue weighted by Gasteiger charge is -2.32. The van der Waals surface area contributed by atoms with Crippen LogP contribution in [0.3, 0.4) is 0 Å². The first-order valence-corrected chi connectivity index (χ1v) is 9.58. The molecule has 0 atom stereocenters.